The zero-order valence-corrected chi connectivity index (χ0v) is 15.8. The van der Waals surface area contributed by atoms with Crippen LogP contribution in [0.4, 0.5) is 5.69 Å². The number of ether oxygens (including phenoxy) is 1. The predicted octanol–water partition coefficient (Wildman–Crippen LogP) is 3.53. The highest BCUT2D eigenvalue weighted by Gasteiger charge is 2.36. The summed E-state index contributed by atoms with van der Waals surface area (Å²) in [5.74, 6) is 0.300. The van der Waals surface area contributed by atoms with Crippen LogP contribution in [0, 0.1) is 6.92 Å². The van der Waals surface area contributed by atoms with Gasteiger partial charge in [0.05, 0.1) is 12.8 Å². The van der Waals surface area contributed by atoms with Crippen molar-refractivity contribution in [3.05, 3.63) is 58.6 Å². The average Bonchev–Trinajstić information content (AvgIpc) is 2.64. The number of hydrogen-bond acceptors (Lipinski definition) is 3. The minimum atomic E-state index is -0.570. The van der Waals surface area contributed by atoms with Gasteiger partial charge in [0.25, 0.3) is 5.91 Å². The van der Waals surface area contributed by atoms with Crippen LogP contribution in [0.2, 0.25) is 5.02 Å². The normalized spacial score (nSPS) is 17.4. The Morgan fingerprint density at radius 1 is 1.19 bits per heavy atom. The first kappa shape index (κ1) is 18.3. The largest absolute Gasteiger partial charge is 0.495 e. The molecule has 1 saturated heterocycles. The number of nitrogens with zero attached hydrogens (tertiary/aromatic N) is 2. The molecular formula is C20H21ClN2O3. The monoisotopic (exact) mass is 372 g/mol. The van der Waals surface area contributed by atoms with E-state index in [1.54, 1.807) is 48.1 Å². The third-order valence-corrected chi connectivity index (χ3v) is 4.96. The molecular weight excluding hydrogens is 352 g/mol. The van der Waals surface area contributed by atoms with E-state index in [4.69, 9.17) is 16.3 Å². The lowest BCUT2D eigenvalue weighted by atomic mass is 10.0. The van der Waals surface area contributed by atoms with E-state index in [0.29, 0.717) is 35.1 Å². The number of piperazine rings is 1. The van der Waals surface area contributed by atoms with Gasteiger partial charge in [-0.2, -0.15) is 0 Å². The van der Waals surface area contributed by atoms with E-state index < -0.39 is 6.04 Å². The number of aryl methyl sites for hydroxylation is 1. The maximum atomic E-state index is 13.0. The van der Waals surface area contributed by atoms with E-state index in [0.717, 1.165) is 5.56 Å². The molecule has 2 aromatic rings. The molecule has 1 aliphatic heterocycles. The van der Waals surface area contributed by atoms with Crippen LogP contribution in [-0.4, -0.2) is 43.0 Å². The van der Waals surface area contributed by atoms with Crippen molar-refractivity contribution >= 4 is 29.1 Å². The van der Waals surface area contributed by atoms with E-state index in [1.807, 2.05) is 25.1 Å². The first-order valence-corrected chi connectivity index (χ1v) is 8.83. The van der Waals surface area contributed by atoms with Crippen molar-refractivity contribution in [1.82, 2.24) is 4.90 Å². The van der Waals surface area contributed by atoms with Gasteiger partial charge in [-0.05, 0) is 43.7 Å². The molecule has 0 saturated carbocycles. The van der Waals surface area contributed by atoms with Crippen LogP contribution in [-0.2, 0) is 4.79 Å². The molecule has 0 bridgehead atoms. The van der Waals surface area contributed by atoms with E-state index >= 15 is 0 Å². The minimum Gasteiger partial charge on any atom is -0.495 e. The van der Waals surface area contributed by atoms with Gasteiger partial charge in [-0.15, -0.1) is 0 Å². The second-order valence-corrected chi connectivity index (χ2v) is 6.73. The van der Waals surface area contributed by atoms with Gasteiger partial charge in [-0.1, -0.05) is 29.8 Å². The van der Waals surface area contributed by atoms with Crippen LogP contribution < -0.4 is 9.64 Å². The molecule has 6 heteroatoms. The molecule has 136 valence electrons. The van der Waals surface area contributed by atoms with E-state index in [9.17, 15) is 9.59 Å². The van der Waals surface area contributed by atoms with Crippen molar-refractivity contribution in [1.29, 1.82) is 0 Å². The summed E-state index contributed by atoms with van der Waals surface area (Å²) in [6, 6.07) is 12.0. The van der Waals surface area contributed by atoms with Crippen LogP contribution in [0.1, 0.15) is 22.8 Å². The molecule has 1 fully saturated rings. The Morgan fingerprint density at radius 3 is 2.62 bits per heavy atom. The lowest BCUT2D eigenvalue weighted by Crippen LogP contribution is -2.57. The fourth-order valence-electron chi connectivity index (χ4n) is 3.23. The summed E-state index contributed by atoms with van der Waals surface area (Å²) in [5, 5.41) is 0.527. The summed E-state index contributed by atoms with van der Waals surface area (Å²) in [6.45, 7) is 4.47. The molecule has 1 heterocycles. The number of rotatable bonds is 3. The van der Waals surface area contributed by atoms with Gasteiger partial charge in [0.2, 0.25) is 5.91 Å². The first-order chi connectivity index (χ1) is 12.4. The van der Waals surface area contributed by atoms with Crippen LogP contribution in [0.5, 0.6) is 5.75 Å². The standard InChI is InChI=1S/C20H21ClN2O3/c1-13-6-4-5-7-16(13)20(25)22-10-11-23(19(24)14(22)2)17-12-15(21)8-9-18(17)26-3/h4-9,12,14H,10-11H2,1-3H3. The Kier molecular flexibility index (Phi) is 5.18. The molecule has 1 atom stereocenters. The lowest BCUT2D eigenvalue weighted by Gasteiger charge is -2.39. The summed E-state index contributed by atoms with van der Waals surface area (Å²) in [6.07, 6.45) is 0. The van der Waals surface area contributed by atoms with Crippen LogP contribution in [0.15, 0.2) is 42.5 Å². The quantitative estimate of drug-likeness (QED) is 0.828. The summed E-state index contributed by atoms with van der Waals surface area (Å²) in [7, 11) is 1.55. The van der Waals surface area contributed by atoms with Gasteiger partial charge >= 0.3 is 0 Å². The number of methoxy groups -OCH3 is 1. The zero-order valence-electron chi connectivity index (χ0n) is 15.0. The maximum Gasteiger partial charge on any atom is 0.254 e. The summed E-state index contributed by atoms with van der Waals surface area (Å²) < 4.78 is 5.36. The maximum absolute atomic E-state index is 13.0. The van der Waals surface area contributed by atoms with Crippen LogP contribution in [0.3, 0.4) is 0 Å². The third-order valence-electron chi connectivity index (χ3n) is 4.72. The van der Waals surface area contributed by atoms with Gasteiger partial charge in [0.1, 0.15) is 11.8 Å². The van der Waals surface area contributed by atoms with E-state index in [2.05, 4.69) is 0 Å². The molecule has 2 aromatic carbocycles. The van der Waals surface area contributed by atoms with Crippen molar-refractivity contribution in [2.75, 3.05) is 25.1 Å². The zero-order chi connectivity index (χ0) is 18.8. The molecule has 3 rings (SSSR count). The molecule has 0 aromatic heterocycles. The highest BCUT2D eigenvalue weighted by molar-refractivity contribution is 6.31. The molecule has 0 spiro atoms. The number of anilines is 1. The Labute approximate surface area is 158 Å². The van der Waals surface area contributed by atoms with Crippen molar-refractivity contribution < 1.29 is 14.3 Å². The Hall–Kier alpha value is -2.53. The number of carbonyl (C=O) groups is 2. The van der Waals surface area contributed by atoms with Crippen molar-refractivity contribution in [2.45, 2.75) is 19.9 Å². The Balaban J connectivity index is 1.87. The topological polar surface area (TPSA) is 49.9 Å². The molecule has 26 heavy (non-hydrogen) atoms. The first-order valence-electron chi connectivity index (χ1n) is 8.45. The number of carbonyl (C=O) groups excluding carboxylic acids is 2. The fourth-order valence-corrected chi connectivity index (χ4v) is 3.40. The van der Waals surface area contributed by atoms with Gasteiger partial charge in [0.15, 0.2) is 0 Å². The molecule has 1 aliphatic rings. The number of amides is 2. The molecule has 5 nitrogen and oxygen atoms in total. The average molecular weight is 373 g/mol. The second-order valence-electron chi connectivity index (χ2n) is 6.30. The third kappa shape index (κ3) is 3.27. The molecule has 2 amide bonds. The van der Waals surface area contributed by atoms with E-state index in [1.165, 1.54) is 0 Å². The molecule has 0 radical (unpaired) electrons. The molecule has 0 aliphatic carbocycles. The lowest BCUT2D eigenvalue weighted by molar-refractivity contribution is -0.124. The molecule has 1 unspecified atom stereocenters. The van der Waals surface area contributed by atoms with Gasteiger partial charge in [0, 0.05) is 23.7 Å². The van der Waals surface area contributed by atoms with Crippen molar-refractivity contribution in [3.63, 3.8) is 0 Å². The SMILES string of the molecule is COc1ccc(Cl)cc1N1CCN(C(=O)c2ccccc2C)C(C)C1=O. The van der Waals surface area contributed by atoms with E-state index in [-0.39, 0.29) is 11.8 Å². The van der Waals surface area contributed by atoms with Crippen LogP contribution in [0.25, 0.3) is 0 Å². The molecule has 0 N–H and O–H groups in total. The summed E-state index contributed by atoms with van der Waals surface area (Å²) in [4.78, 5) is 29.1. The smallest absolute Gasteiger partial charge is 0.254 e. The minimum absolute atomic E-state index is 0.123. The Morgan fingerprint density at radius 2 is 1.92 bits per heavy atom. The highest BCUT2D eigenvalue weighted by Crippen LogP contribution is 2.33. The van der Waals surface area contributed by atoms with Gasteiger partial charge < -0.3 is 14.5 Å². The van der Waals surface area contributed by atoms with Gasteiger partial charge in [-0.3, -0.25) is 9.59 Å². The van der Waals surface area contributed by atoms with Gasteiger partial charge in [-0.25, -0.2) is 0 Å². The summed E-state index contributed by atoms with van der Waals surface area (Å²) >= 11 is 6.10. The number of benzene rings is 2. The Bertz CT molecular complexity index is 853. The fraction of sp³-hybridized carbons (Fsp3) is 0.300. The predicted molar refractivity (Wildman–Crippen MR) is 102 cm³/mol. The second kappa shape index (κ2) is 7.38. The van der Waals surface area contributed by atoms with Crippen molar-refractivity contribution in [3.8, 4) is 5.75 Å². The summed E-state index contributed by atoms with van der Waals surface area (Å²) in [5.41, 5.74) is 2.15. The van der Waals surface area contributed by atoms with Crippen LogP contribution >= 0.6 is 11.6 Å². The number of halogens is 1. The number of hydrogen-bond donors (Lipinski definition) is 0. The van der Waals surface area contributed by atoms with Crippen molar-refractivity contribution in [2.24, 2.45) is 0 Å². The highest BCUT2D eigenvalue weighted by atomic mass is 35.5.